The average molecular weight is 493 g/mol. The molecule has 4 aromatic carbocycles. The Hall–Kier alpha value is -4.15. The van der Waals surface area contributed by atoms with Gasteiger partial charge in [-0.3, -0.25) is 0 Å². The summed E-state index contributed by atoms with van der Waals surface area (Å²) in [5.74, 6) is 0.726. The molecule has 36 heavy (non-hydrogen) atoms. The van der Waals surface area contributed by atoms with Gasteiger partial charge in [0, 0.05) is 23.2 Å². The molecule has 1 aromatic heterocycles. The Morgan fingerprint density at radius 3 is 2.25 bits per heavy atom. The maximum Gasteiger partial charge on any atom is 0.343 e. The number of esters is 1. The van der Waals surface area contributed by atoms with E-state index in [1.54, 1.807) is 6.07 Å². The van der Waals surface area contributed by atoms with Crippen molar-refractivity contribution in [2.75, 3.05) is 0 Å². The van der Waals surface area contributed by atoms with Crippen molar-refractivity contribution >= 4 is 40.4 Å². The lowest BCUT2D eigenvalue weighted by atomic mass is 10.1. The summed E-state index contributed by atoms with van der Waals surface area (Å²) in [6, 6.07) is 31.1. The zero-order chi connectivity index (χ0) is 25.1. The number of hydrogen-bond acceptors (Lipinski definition) is 3. The van der Waals surface area contributed by atoms with Gasteiger partial charge >= 0.3 is 5.97 Å². The molecule has 0 radical (unpaired) electrons. The van der Waals surface area contributed by atoms with Crippen LogP contribution in [-0.2, 0) is 11.3 Å². The predicted molar refractivity (Wildman–Crippen MR) is 146 cm³/mol. The fraction of sp³-hybridized carbons (Fsp3) is 0.0968. The number of halogens is 1. The van der Waals surface area contributed by atoms with Crippen molar-refractivity contribution in [3.8, 4) is 0 Å². The molecule has 5 heteroatoms. The highest BCUT2D eigenvalue weighted by Crippen LogP contribution is 2.26. The number of aryl methyl sites for hydroxylation is 2. The first kappa shape index (κ1) is 23.6. The van der Waals surface area contributed by atoms with Gasteiger partial charge in [0.2, 0.25) is 0 Å². The highest BCUT2D eigenvalue weighted by atomic mass is 35.5. The minimum atomic E-state index is -0.410. The SMILES string of the molecule is Cc1cccc(C(=O)O/C(=C/c2nc3ccccc3n2Cc2ccc(Cl)cc2)c2cccc(C)c2)c1. The lowest BCUT2D eigenvalue weighted by molar-refractivity contribution is 0.0693. The van der Waals surface area contributed by atoms with Crippen LogP contribution in [0.4, 0.5) is 0 Å². The third kappa shape index (κ3) is 5.24. The molecule has 178 valence electrons. The van der Waals surface area contributed by atoms with Crippen LogP contribution in [0.2, 0.25) is 5.02 Å². The van der Waals surface area contributed by atoms with Crippen LogP contribution in [0.3, 0.4) is 0 Å². The molecule has 0 aliphatic rings. The fourth-order valence-electron chi connectivity index (χ4n) is 4.16. The number of ether oxygens (including phenoxy) is 1. The summed E-state index contributed by atoms with van der Waals surface area (Å²) >= 11 is 6.10. The van der Waals surface area contributed by atoms with E-state index in [0.29, 0.717) is 28.7 Å². The summed E-state index contributed by atoms with van der Waals surface area (Å²) in [4.78, 5) is 18.0. The first-order valence-electron chi connectivity index (χ1n) is 11.7. The van der Waals surface area contributed by atoms with E-state index in [1.165, 1.54) is 0 Å². The van der Waals surface area contributed by atoms with E-state index >= 15 is 0 Å². The van der Waals surface area contributed by atoms with Crippen LogP contribution in [0.1, 0.15) is 38.4 Å². The summed E-state index contributed by atoms with van der Waals surface area (Å²) in [6.45, 7) is 4.56. The van der Waals surface area contributed by atoms with Crippen LogP contribution in [0.15, 0.2) is 97.1 Å². The monoisotopic (exact) mass is 492 g/mol. The minimum Gasteiger partial charge on any atom is -0.422 e. The molecule has 0 saturated carbocycles. The van der Waals surface area contributed by atoms with Crippen molar-refractivity contribution in [1.82, 2.24) is 9.55 Å². The number of benzene rings is 4. The molecule has 0 aliphatic heterocycles. The third-order valence-corrected chi connectivity index (χ3v) is 6.21. The van der Waals surface area contributed by atoms with Crippen molar-refractivity contribution in [1.29, 1.82) is 0 Å². The van der Waals surface area contributed by atoms with Crippen molar-refractivity contribution in [2.24, 2.45) is 0 Å². The third-order valence-electron chi connectivity index (χ3n) is 5.96. The van der Waals surface area contributed by atoms with E-state index in [2.05, 4.69) is 4.57 Å². The number of carbonyl (C=O) groups excluding carboxylic acids is 1. The Balaban J connectivity index is 1.61. The number of fused-ring (bicyclic) bond motifs is 1. The number of nitrogens with zero attached hydrogens (tertiary/aromatic N) is 2. The second-order valence-corrected chi connectivity index (χ2v) is 9.24. The second kappa shape index (κ2) is 10.2. The molecule has 4 nitrogen and oxygen atoms in total. The smallest absolute Gasteiger partial charge is 0.343 e. The normalized spacial score (nSPS) is 11.6. The van der Waals surface area contributed by atoms with Crippen molar-refractivity contribution < 1.29 is 9.53 Å². The average Bonchev–Trinajstić information content (AvgIpc) is 3.21. The molecule has 1 heterocycles. The lowest BCUT2D eigenvalue weighted by Gasteiger charge is -2.12. The van der Waals surface area contributed by atoms with Gasteiger partial charge in [-0.1, -0.05) is 77.3 Å². The van der Waals surface area contributed by atoms with E-state index in [1.807, 2.05) is 111 Å². The van der Waals surface area contributed by atoms with E-state index in [9.17, 15) is 4.79 Å². The van der Waals surface area contributed by atoms with E-state index in [4.69, 9.17) is 21.3 Å². The number of para-hydroxylation sites is 2. The Kier molecular flexibility index (Phi) is 6.70. The molecular weight excluding hydrogens is 468 g/mol. The second-order valence-electron chi connectivity index (χ2n) is 8.81. The number of carbonyl (C=O) groups is 1. The largest absolute Gasteiger partial charge is 0.422 e. The number of imidazole rings is 1. The Bertz CT molecular complexity index is 1580. The number of aromatic nitrogens is 2. The number of hydrogen-bond donors (Lipinski definition) is 0. The Morgan fingerprint density at radius 1 is 0.861 bits per heavy atom. The highest BCUT2D eigenvalue weighted by molar-refractivity contribution is 6.30. The van der Waals surface area contributed by atoms with Crippen molar-refractivity contribution in [2.45, 2.75) is 20.4 Å². The van der Waals surface area contributed by atoms with Gasteiger partial charge in [0.1, 0.15) is 11.6 Å². The molecule has 0 bridgehead atoms. The van der Waals surface area contributed by atoms with Crippen LogP contribution >= 0.6 is 11.6 Å². The van der Waals surface area contributed by atoms with Crippen molar-refractivity contribution in [3.63, 3.8) is 0 Å². The maximum atomic E-state index is 13.1. The van der Waals surface area contributed by atoms with Gasteiger partial charge in [-0.05, 0) is 61.9 Å². The zero-order valence-electron chi connectivity index (χ0n) is 20.1. The molecular formula is C31H25ClN2O2. The van der Waals surface area contributed by atoms with Gasteiger partial charge < -0.3 is 9.30 Å². The van der Waals surface area contributed by atoms with Gasteiger partial charge in [0.05, 0.1) is 16.6 Å². The first-order chi connectivity index (χ1) is 17.5. The highest BCUT2D eigenvalue weighted by Gasteiger charge is 2.16. The summed E-state index contributed by atoms with van der Waals surface area (Å²) < 4.78 is 8.12. The quantitative estimate of drug-likeness (QED) is 0.180. The molecule has 0 spiro atoms. The van der Waals surface area contributed by atoms with E-state index in [-0.39, 0.29) is 0 Å². The van der Waals surface area contributed by atoms with E-state index in [0.717, 1.165) is 33.3 Å². The van der Waals surface area contributed by atoms with Gasteiger partial charge in [0.25, 0.3) is 0 Å². The predicted octanol–water partition coefficient (Wildman–Crippen LogP) is 7.71. The van der Waals surface area contributed by atoms with Crippen LogP contribution in [0.5, 0.6) is 0 Å². The zero-order valence-corrected chi connectivity index (χ0v) is 20.9. The minimum absolute atomic E-state index is 0.410. The Morgan fingerprint density at radius 2 is 1.53 bits per heavy atom. The summed E-state index contributed by atoms with van der Waals surface area (Å²) in [5.41, 5.74) is 6.32. The van der Waals surface area contributed by atoms with Crippen LogP contribution in [0.25, 0.3) is 22.9 Å². The standard InChI is InChI=1S/C31H25ClN2O2/c1-21-7-5-9-24(17-21)29(36-31(35)25-10-6-8-22(2)18-25)19-30-33-27-11-3-4-12-28(27)34(30)20-23-13-15-26(32)16-14-23/h3-19H,20H2,1-2H3/b29-19+. The van der Waals surface area contributed by atoms with Crippen LogP contribution in [0, 0.1) is 13.8 Å². The lowest BCUT2D eigenvalue weighted by Crippen LogP contribution is -2.07. The molecule has 5 rings (SSSR count). The van der Waals surface area contributed by atoms with Crippen LogP contribution < -0.4 is 0 Å². The topological polar surface area (TPSA) is 44.1 Å². The van der Waals surface area contributed by atoms with Gasteiger partial charge in [-0.15, -0.1) is 0 Å². The first-order valence-corrected chi connectivity index (χ1v) is 12.1. The number of rotatable bonds is 6. The van der Waals surface area contributed by atoms with Gasteiger partial charge in [0.15, 0.2) is 0 Å². The fourth-order valence-corrected chi connectivity index (χ4v) is 4.29. The maximum absolute atomic E-state index is 13.1. The van der Waals surface area contributed by atoms with Crippen molar-refractivity contribution in [3.05, 3.63) is 136 Å². The summed E-state index contributed by atoms with van der Waals surface area (Å²) in [6.07, 6.45) is 1.85. The van der Waals surface area contributed by atoms with Gasteiger partial charge in [-0.25, -0.2) is 9.78 Å². The summed E-state index contributed by atoms with van der Waals surface area (Å²) in [5, 5.41) is 0.694. The molecule has 5 aromatic rings. The van der Waals surface area contributed by atoms with Crippen LogP contribution in [-0.4, -0.2) is 15.5 Å². The molecule has 0 aliphatic carbocycles. The Labute approximate surface area is 215 Å². The molecule has 0 atom stereocenters. The van der Waals surface area contributed by atoms with E-state index < -0.39 is 5.97 Å². The molecule has 0 unspecified atom stereocenters. The molecule has 0 saturated heterocycles. The van der Waals surface area contributed by atoms with Gasteiger partial charge in [-0.2, -0.15) is 0 Å². The summed E-state index contributed by atoms with van der Waals surface area (Å²) in [7, 11) is 0. The molecule has 0 amide bonds. The molecule has 0 N–H and O–H groups in total. The molecule has 0 fully saturated rings.